The molecule has 0 amide bonds. The van der Waals surface area contributed by atoms with Gasteiger partial charge in [-0.25, -0.2) is 0 Å². The molecule has 0 fully saturated rings. The summed E-state index contributed by atoms with van der Waals surface area (Å²) in [6, 6.07) is 0. The molecule has 18 heavy (non-hydrogen) atoms. The Kier molecular flexibility index (Phi) is 10.1. The van der Waals surface area contributed by atoms with E-state index < -0.39 is 7.37 Å². The second-order valence-electron chi connectivity index (χ2n) is 5.70. The molecule has 3 heteroatoms. The van der Waals surface area contributed by atoms with Gasteiger partial charge in [-0.2, -0.15) is 0 Å². The Morgan fingerprint density at radius 2 is 1.61 bits per heavy atom. The molecule has 0 aliphatic heterocycles. The van der Waals surface area contributed by atoms with Crippen molar-refractivity contribution >= 4 is 7.37 Å². The highest BCUT2D eigenvalue weighted by molar-refractivity contribution is 7.58. The van der Waals surface area contributed by atoms with E-state index in [0.717, 1.165) is 25.7 Å². The van der Waals surface area contributed by atoms with Crippen molar-refractivity contribution in [3.8, 4) is 0 Å². The molecule has 0 aromatic heterocycles. The lowest BCUT2D eigenvalue weighted by Crippen LogP contribution is -2.13. The number of unbranched alkanes of at least 4 members (excludes halogenated alkanes) is 3. The summed E-state index contributed by atoms with van der Waals surface area (Å²) in [5, 5.41) is 0. The van der Waals surface area contributed by atoms with Gasteiger partial charge in [0.2, 0.25) is 7.37 Å². The van der Waals surface area contributed by atoms with Crippen molar-refractivity contribution in [2.24, 2.45) is 5.92 Å². The van der Waals surface area contributed by atoms with Gasteiger partial charge in [-0.15, -0.1) is 0 Å². The molecule has 0 aliphatic carbocycles. The van der Waals surface area contributed by atoms with Crippen LogP contribution in [0.1, 0.15) is 79.1 Å². The summed E-state index contributed by atoms with van der Waals surface area (Å²) < 4.78 is 12.4. The molecule has 0 aromatic carbocycles. The predicted octanol–water partition coefficient (Wildman–Crippen LogP) is 5.44. The summed E-state index contributed by atoms with van der Waals surface area (Å²) in [4.78, 5) is 10.2. The van der Waals surface area contributed by atoms with Crippen molar-refractivity contribution in [1.82, 2.24) is 0 Å². The van der Waals surface area contributed by atoms with Crippen molar-refractivity contribution < 1.29 is 9.46 Å². The summed E-state index contributed by atoms with van der Waals surface area (Å²) in [6.45, 7) is 8.45. The van der Waals surface area contributed by atoms with E-state index in [1.807, 2.05) is 6.92 Å². The van der Waals surface area contributed by atoms with Crippen LogP contribution in [-0.2, 0) is 4.57 Å². The lowest BCUT2D eigenvalue weighted by Gasteiger charge is -2.24. The SMILES string of the molecule is CCCCCC(C)P(=O)(O)CC(CC)CCCC. The van der Waals surface area contributed by atoms with Crippen LogP contribution >= 0.6 is 7.37 Å². The van der Waals surface area contributed by atoms with Crippen LogP contribution in [0.3, 0.4) is 0 Å². The smallest absolute Gasteiger partial charge is 0.203 e. The van der Waals surface area contributed by atoms with E-state index in [1.54, 1.807) is 0 Å². The number of hydrogen-bond acceptors (Lipinski definition) is 1. The van der Waals surface area contributed by atoms with Crippen LogP contribution in [0, 0.1) is 5.92 Å². The molecule has 0 rings (SSSR count). The average Bonchev–Trinajstić information content (AvgIpc) is 2.34. The molecule has 1 N–H and O–H groups in total. The van der Waals surface area contributed by atoms with Gasteiger partial charge < -0.3 is 4.89 Å². The minimum absolute atomic E-state index is 0.0141. The third-order valence-corrected chi connectivity index (χ3v) is 6.65. The Morgan fingerprint density at radius 1 is 1.00 bits per heavy atom. The molecule has 0 radical (unpaired) electrons. The quantitative estimate of drug-likeness (QED) is 0.403. The summed E-state index contributed by atoms with van der Waals surface area (Å²) in [6.07, 6.45) is 9.40. The number of rotatable bonds is 11. The van der Waals surface area contributed by atoms with Crippen LogP contribution in [0.4, 0.5) is 0 Å². The first-order chi connectivity index (χ1) is 8.47. The molecular weight excluding hydrogens is 243 g/mol. The predicted molar refractivity (Wildman–Crippen MR) is 81.6 cm³/mol. The van der Waals surface area contributed by atoms with E-state index >= 15 is 0 Å². The monoisotopic (exact) mass is 276 g/mol. The van der Waals surface area contributed by atoms with E-state index in [9.17, 15) is 9.46 Å². The Bertz CT molecular complexity index is 241. The van der Waals surface area contributed by atoms with Crippen LogP contribution < -0.4 is 0 Å². The van der Waals surface area contributed by atoms with Gasteiger partial charge >= 0.3 is 0 Å². The van der Waals surface area contributed by atoms with Crippen LogP contribution in [0.2, 0.25) is 0 Å². The fourth-order valence-corrected chi connectivity index (χ4v) is 4.49. The maximum atomic E-state index is 12.4. The zero-order chi connectivity index (χ0) is 14.0. The van der Waals surface area contributed by atoms with Gasteiger partial charge in [0.25, 0.3) is 0 Å². The highest BCUT2D eigenvalue weighted by atomic mass is 31.2. The van der Waals surface area contributed by atoms with Gasteiger partial charge in [-0.05, 0) is 18.8 Å². The minimum atomic E-state index is -2.94. The van der Waals surface area contributed by atoms with Gasteiger partial charge in [0.15, 0.2) is 0 Å². The van der Waals surface area contributed by atoms with E-state index in [4.69, 9.17) is 0 Å². The Labute approximate surface area is 114 Å². The zero-order valence-corrected chi connectivity index (χ0v) is 13.7. The van der Waals surface area contributed by atoms with Crippen molar-refractivity contribution in [1.29, 1.82) is 0 Å². The molecule has 3 unspecified atom stereocenters. The second-order valence-corrected chi connectivity index (χ2v) is 8.46. The van der Waals surface area contributed by atoms with Crippen LogP contribution in [0.25, 0.3) is 0 Å². The van der Waals surface area contributed by atoms with Gasteiger partial charge in [-0.1, -0.05) is 66.2 Å². The second kappa shape index (κ2) is 10.0. The summed E-state index contributed by atoms with van der Waals surface area (Å²) >= 11 is 0. The normalized spacial score (nSPS) is 18.3. The maximum Gasteiger partial charge on any atom is 0.203 e. The van der Waals surface area contributed by atoms with Gasteiger partial charge in [0.05, 0.1) is 0 Å². The topological polar surface area (TPSA) is 37.3 Å². The fourth-order valence-electron chi connectivity index (χ4n) is 2.36. The molecule has 0 spiro atoms. The molecule has 3 atom stereocenters. The van der Waals surface area contributed by atoms with E-state index in [1.165, 1.54) is 25.7 Å². The van der Waals surface area contributed by atoms with Gasteiger partial charge in [0.1, 0.15) is 0 Å². The zero-order valence-electron chi connectivity index (χ0n) is 12.8. The first kappa shape index (κ1) is 18.2. The standard InChI is InChI=1S/C15H33O2P/c1-5-8-10-11-14(4)18(16,17)13-15(7-3)12-9-6-2/h14-15H,5-13H2,1-4H3,(H,16,17). The highest BCUT2D eigenvalue weighted by Crippen LogP contribution is 2.50. The summed E-state index contributed by atoms with van der Waals surface area (Å²) in [7, 11) is -2.94. The lowest BCUT2D eigenvalue weighted by atomic mass is 10.0. The van der Waals surface area contributed by atoms with Crippen LogP contribution in [-0.4, -0.2) is 16.7 Å². The van der Waals surface area contributed by atoms with Gasteiger partial charge in [0, 0.05) is 11.8 Å². The molecule has 0 aromatic rings. The third kappa shape index (κ3) is 7.59. The van der Waals surface area contributed by atoms with Crippen molar-refractivity contribution in [3.63, 3.8) is 0 Å². The van der Waals surface area contributed by atoms with Crippen LogP contribution in [0.15, 0.2) is 0 Å². The Balaban J connectivity index is 4.19. The van der Waals surface area contributed by atoms with Crippen molar-refractivity contribution in [2.45, 2.75) is 84.7 Å². The summed E-state index contributed by atoms with van der Waals surface area (Å²) in [5.41, 5.74) is -0.0141. The largest absolute Gasteiger partial charge is 0.344 e. The average molecular weight is 276 g/mol. The summed E-state index contributed by atoms with van der Waals surface area (Å²) in [5.74, 6) is 0.439. The Hall–Kier alpha value is 0.190. The minimum Gasteiger partial charge on any atom is -0.344 e. The van der Waals surface area contributed by atoms with Crippen molar-refractivity contribution in [3.05, 3.63) is 0 Å². The van der Waals surface area contributed by atoms with Crippen LogP contribution in [0.5, 0.6) is 0 Å². The first-order valence-electron chi connectivity index (χ1n) is 7.79. The molecule has 0 saturated heterocycles. The maximum absolute atomic E-state index is 12.4. The first-order valence-corrected chi connectivity index (χ1v) is 9.70. The molecule has 0 aliphatic rings. The fraction of sp³-hybridized carbons (Fsp3) is 1.00. The number of hydrogen-bond donors (Lipinski definition) is 1. The van der Waals surface area contributed by atoms with E-state index in [2.05, 4.69) is 20.8 Å². The third-order valence-electron chi connectivity index (χ3n) is 3.98. The van der Waals surface area contributed by atoms with Gasteiger partial charge in [-0.3, -0.25) is 4.57 Å². The molecule has 0 heterocycles. The molecular formula is C15H33O2P. The van der Waals surface area contributed by atoms with Crippen molar-refractivity contribution in [2.75, 3.05) is 6.16 Å². The highest BCUT2D eigenvalue weighted by Gasteiger charge is 2.29. The lowest BCUT2D eigenvalue weighted by molar-refractivity contribution is 0.424. The molecule has 110 valence electrons. The Morgan fingerprint density at radius 3 is 2.11 bits per heavy atom. The molecule has 2 nitrogen and oxygen atoms in total. The molecule has 0 bridgehead atoms. The molecule has 0 saturated carbocycles. The van der Waals surface area contributed by atoms with E-state index in [0.29, 0.717) is 12.1 Å². The van der Waals surface area contributed by atoms with E-state index in [-0.39, 0.29) is 5.66 Å².